The molecule has 21 heavy (non-hydrogen) atoms. The van der Waals surface area contributed by atoms with Crippen molar-refractivity contribution in [3.8, 4) is 0 Å². The first-order chi connectivity index (χ1) is 10.1. The van der Waals surface area contributed by atoms with Crippen molar-refractivity contribution >= 4 is 0 Å². The van der Waals surface area contributed by atoms with Gasteiger partial charge in [0.2, 0.25) is 0 Å². The molecule has 5 heteroatoms. The van der Waals surface area contributed by atoms with Crippen LogP contribution in [-0.4, -0.2) is 30.6 Å². The smallest absolute Gasteiger partial charge is 0.161 e. The van der Waals surface area contributed by atoms with Crippen LogP contribution in [0.3, 0.4) is 0 Å². The van der Waals surface area contributed by atoms with Gasteiger partial charge in [0, 0.05) is 30.8 Å². The van der Waals surface area contributed by atoms with Crippen molar-refractivity contribution in [1.29, 1.82) is 0 Å². The van der Waals surface area contributed by atoms with Gasteiger partial charge in [0.05, 0.1) is 0 Å². The number of unbranched alkanes of at least 4 members (excludes halogenated alkanes) is 1. The molecule has 0 aliphatic carbocycles. The molecule has 0 spiro atoms. The molecular weight excluding hydrogens is 277 g/mol. The van der Waals surface area contributed by atoms with E-state index in [0.717, 1.165) is 51.4 Å². The third kappa shape index (κ3) is 4.71. The molecule has 1 heterocycles. The molecule has 0 bridgehead atoms. The van der Waals surface area contributed by atoms with Gasteiger partial charge < -0.3 is 5.32 Å². The van der Waals surface area contributed by atoms with Crippen LogP contribution in [-0.2, 0) is 6.54 Å². The molecule has 1 N–H and O–H groups in total. The van der Waals surface area contributed by atoms with Crippen LogP contribution in [0, 0.1) is 17.5 Å². The quantitative estimate of drug-likeness (QED) is 0.776. The summed E-state index contributed by atoms with van der Waals surface area (Å²) in [5.74, 6) is -2.79. The molecule has 1 aliphatic rings. The fraction of sp³-hybridized carbons (Fsp3) is 0.625. The third-order valence-corrected chi connectivity index (χ3v) is 3.95. The topological polar surface area (TPSA) is 15.3 Å². The Labute approximate surface area is 124 Å². The van der Waals surface area contributed by atoms with Gasteiger partial charge in [0.25, 0.3) is 0 Å². The third-order valence-electron chi connectivity index (χ3n) is 3.95. The Morgan fingerprint density at radius 3 is 2.62 bits per heavy atom. The predicted octanol–water partition coefficient (Wildman–Crippen LogP) is 3.46. The number of nitrogens with one attached hydrogen (secondary N) is 1. The molecule has 0 saturated carbocycles. The maximum atomic E-state index is 13.8. The van der Waals surface area contributed by atoms with Gasteiger partial charge in [0.15, 0.2) is 11.6 Å². The van der Waals surface area contributed by atoms with Crippen LogP contribution in [0.15, 0.2) is 12.1 Å². The molecule has 1 atom stereocenters. The minimum Gasteiger partial charge on any atom is -0.313 e. The monoisotopic (exact) mass is 300 g/mol. The lowest BCUT2D eigenvalue weighted by molar-refractivity contribution is 0.234. The number of nitrogens with zero attached hydrogens (tertiary/aromatic N) is 1. The van der Waals surface area contributed by atoms with Crippen molar-refractivity contribution in [2.24, 2.45) is 0 Å². The summed E-state index contributed by atoms with van der Waals surface area (Å²) in [6.07, 6.45) is 4.33. The number of hydrogen-bond donors (Lipinski definition) is 1. The van der Waals surface area contributed by atoms with Crippen LogP contribution < -0.4 is 5.32 Å². The Hall–Kier alpha value is -1.07. The second-order valence-electron chi connectivity index (χ2n) is 5.74. The highest BCUT2D eigenvalue weighted by Gasteiger charge is 2.19. The molecule has 1 unspecified atom stereocenters. The van der Waals surface area contributed by atoms with E-state index >= 15 is 0 Å². The first kappa shape index (κ1) is 16.3. The zero-order valence-corrected chi connectivity index (χ0v) is 12.5. The lowest BCUT2D eigenvalue weighted by Gasteiger charge is -2.26. The molecule has 1 aromatic rings. The number of halogens is 3. The van der Waals surface area contributed by atoms with Crippen LogP contribution in [0.4, 0.5) is 13.2 Å². The molecule has 1 saturated heterocycles. The summed E-state index contributed by atoms with van der Waals surface area (Å²) < 4.78 is 40.1. The summed E-state index contributed by atoms with van der Waals surface area (Å²) >= 11 is 0. The summed E-state index contributed by atoms with van der Waals surface area (Å²) in [6.45, 7) is 5.10. The zero-order chi connectivity index (χ0) is 15.2. The van der Waals surface area contributed by atoms with E-state index in [1.165, 1.54) is 0 Å². The van der Waals surface area contributed by atoms with Crippen LogP contribution in [0.5, 0.6) is 0 Å². The highest BCUT2D eigenvalue weighted by Crippen LogP contribution is 2.17. The van der Waals surface area contributed by atoms with E-state index in [-0.39, 0.29) is 5.56 Å². The average molecular weight is 300 g/mol. The van der Waals surface area contributed by atoms with Gasteiger partial charge in [-0.25, -0.2) is 13.2 Å². The molecule has 1 aromatic carbocycles. The van der Waals surface area contributed by atoms with E-state index in [9.17, 15) is 13.2 Å². The molecule has 118 valence electrons. The van der Waals surface area contributed by atoms with E-state index < -0.39 is 17.5 Å². The SMILES string of the molecule is CCCCN(Cc1cc(F)c(F)cc1F)CC1CCCN1. The molecule has 1 aliphatic heterocycles. The lowest BCUT2D eigenvalue weighted by atomic mass is 10.1. The van der Waals surface area contributed by atoms with Gasteiger partial charge in [-0.1, -0.05) is 13.3 Å². The van der Waals surface area contributed by atoms with Crippen molar-refractivity contribution < 1.29 is 13.2 Å². The molecule has 1 fully saturated rings. The fourth-order valence-electron chi connectivity index (χ4n) is 2.77. The Balaban J connectivity index is 2.04. The van der Waals surface area contributed by atoms with Crippen molar-refractivity contribution in [3.63, 3.8) is 0 Å². The Kier molecular flexibility index (Phi) is 6.06. The second kappa shape index (κ2) is 7.80. The van der Waals surface area contributed by atoms with Gasteiger partial charge in [-0.2, -0.15) is 0 Å². The van der Waals surface area contributed by atoms with Gasteiger partial charge in [-0.05, 0) is 38.4 Å². The van der Waals surface area contributed by atoms with E-state index in [1.807, 2.05) is 0 Å². The fourth-order valence-corrected chi connectivity index (χ4v) is 2.77. The maximum Gasteiger partial charge on any atom is 0.161 e. The van der Waals surface area contributed by atoms with Gasteiger partial charge >= 0.3 is 0 Å². The molecule has 0 radical (unpaired) electrons. The van der Waals surface area contributed by atoms with E-state index in [0.29, 0.717) is 18.7 Å². The number of hydrogen-bond acceptors (Lipinski definition) is 2. The van der Waals surface area contributed by atoms with Crippen molar-refractivity contribution in [2.75, 3.05) is 19.6 Å². The van der Waals surface area contributed by atoms with Crippen LogP contribution >= 0.6 is 0 Å². The molecule has 2 rings (SSSR count). The minimum atomic E-state index is -1.13. The zero-order valence-electron chi connectivity index (χ0n) is 12.5. The summed E-state index contributed by atoms with van der Waals surface area (Å²) in [4.78, 5) is 2.13. The van der Waals surface area contributed by atoms with E-state index in [4.69, 9.17) is 0 Å². The van der Waals surface area contributed by atoms with E-state index in [1.54, 1.807) is 0 Å². The van der Waals surface area contributed by atoms with Crippen molar-refractivity contribution in [2.45, 2.75) is 45.2 Å². The highest BCUT2D eigenvalue weighted by atomic mass is 19.2. The summed E-state index contributed by atoms with van der Waals surface area (Å²) in [7, 11) is 0. The number of benzene rings is 1. The van der Waals surface area contributed by atoms with Gasteiger partial charge in [0.1, 0.15) is 5.82 Å². The Morgan fingerprint density at radius 2 is 1.95 bits per heavy atom. The summed E-state index contributed by atoms with van der Waals surface area (Å²) in [5, 5.41) is 3.41. The standard InChI is InChI=1S/C16H23F3N2/c1-2-3-7-21(11-13-5-4-6-20-13)10-12-8-15(18)16(19)9-14(12)17/h8-9,13,20H,2-7,10-11H2,1H3. The highest BCUT2D eigenvalue weighted by molar-refractivity contribution is 5.20. The van der Waals surface area contributed by atoms with Crippen LogP contribution in [0.25, 0.3) is 0 Å². The van der Waals surface area contributed by atoms with E-state index in [2.05, 4.69) is 17.1 Å². The largest absolute Gasteiger partial charge is 0.313 e. The average Bonchev–Trinajstić information content (AvgIpc) is 2.95. The Bertz CT molecular complexity index is 459. The van der Waals surface area contributed by atoms with Gasteiger partial charge in [-0.15, -0.1) is 0 Å². The summed E-state index contributed by atoms with van der Waals surface area (Å²) in [6, 6.07) is 2.03. The molecule has 0 amide bonds. The second-order valence-corrected chi connectivity index (χ2v) is 5.74. The molecular formula is C16H23F3N2. The summed E-state index contributed by atoms with van der Waals surface area (Å²) in [5.41, 5.74) is 0.225. The van der Waals surface area contributed by atoms with Crippen molar-refractivity contribution in [3.05, 3.63) is 35.1 Å². The van der Waals surface area contributed by atoms with Crippen LogP contribution in [0.2, 0.25) is 0 Å². The predicted molar refractivity (Wildman–Crippen MR) is 77.5 cm³/mol. The van der Waals surface area contributed by atoms with Crippen LogP contribution in [0.1, 0.15) is 38.2 Å². The molecule has 2 nitrogen and oxygen atoms in total. The maximum absolute atomic E-state index is 13.8. The minimum absolute atomic E-state index is 0.225. The van der Waals surface area contributed by atoms with Gasteiger partial charge in [-0.3, -0.25) is 4.90 Å². The van der Waals surface area contributed by atoms with Crippen molar-refractivity contribution in [1.82, 2.24) is 10.2 Å². The lowest BCUT2D eigenvalue weighted by Crippen LogP contribution is -2.37. The number of rotatable bonds is 7. The first-order valence-electron chi connectivity index (χ1n) is 7.69. The first-order valence-corrected chi connectivity index (χ1v) is 7.69. The Morgan fingerprint density at radius 1 is 1.19 bits per heavy atom. The normalized spacial score (nSPS) is 18.6. The molecule has 0 aromatic heterocycles.